The molecule has 1 aromatic heterocycles. The number of hydrogen-bond acceptors (Lipinski definition) is 1. The first-order valence-corrected chi connectivity index (χ1v) is 10.2. The molecule has 142 valence electrons. The van der Waals surface area contributed by atoms with Gasteiger partial charge < -0.3 is 9.67 Å². The molecule has 1 N–H and O–H groups in total. The predicted molar refractivity (Wildman–Crippen MR) is 108 cm³/mol. The normalized spacial score (nSPS) is 11.0. The number of hydrogen-bond donors (Lipinski definition) is 1. The van der Waals surface area contributed by atoms with Crippen molar-refractivity contribution in [1.82, 2.24) is 4.57 Å². The fourth-order valence-corrected chi connectivity index (χ4v) is 3.38. The van der Waals surface area contributed by atoms with Crippen LogP contribution in [0.5, 0.6) is 0 Å². The molecule has 26 heavy (non-hydrogen) atoms. The standard InChI is InChI=1S/C23H33NO2/c1-2-3-4-7-11-20-14-16-21(17-15-20)22-12-10-19-24(22)18-9-6-5-8-13-23(25)26/h10,12,14-17,19H,2-9,11,13,18H2,1H3,(H,25,26). The van der Waals surface area contributed by atoms with Gasteiger partial charge in [0, 0.05) is 24.9 Å². The second-order valence-corrected chi connectivity index (χ2v) is 7.15. The van der Waals surface area contributed by atoms with Gasteiger partial charge in [0.25, 0.3) is 0 Å². The van der Waals surface area contributed by atoms with Crippen molar-refractivity contribution in [1.29, 1.82) is 0 Å². The van der Waals surface area contributed by atoms with Gasteiger partial charge in [-0.1, -0.05) is 63.3 Å². The highest BCUT2D eigenvalue weighted by molar-refractivity contribution is 5.66. The number of aryl methyl sites for hydroxylation is 2. The first-order chi connectivity index (χ1) is 12.7. The van der Waals surface area contributed by atoms with Crippen LogP contribution in [0, 0.1) is 0 Å². The molecule has 0 aliphatic rings. The molecule has 0 saturated heterocycles. The van der Waals surface area contributed by atoms with Gasteiger partial charge in [0.1, 0.15) is 0 Å². The van der Waals surface area contributed by atoms with E-state index in [9.17, 15) is 4.79 Å². The summed E-state index contributed by atoms with van der Waals surface area (Å²) in [6, 6.07) is 13.3. The number of aliphatic carboxylic acids is 1. The molecule has 1 heterocycles. The van der Waals surface area contributed by atoms with Crippen LogP contribution < -0.4 is 0 Å². The summed E-state index contributed by atoms with van der Waals surface area (Å²) < 4.78 is 2.31. The van der Waals surface area contributed by atoms with E-state index in [1.165, 1.54) is 48.9 Å². The Hall–Kier alpha value is -2.03. The third-order valence-electron chi connectivity index (χ3n) is 4.94. The van der Waals surface area contributed by atoms with Crippen molar-refractivity contribution >= 4 is 5.97 Å². The molecule has 3 heteroatoms. The summed E-state index contributed by atoms with van der Waals surface area (Å²) in [6.07, 6.45) is 12.8. The Kier molecular flexibility index (Phi) is 9.02. The maximum atomic E-state index is 10.5. The van der Waals surface area contributed by atoms with E-state index in [1.54, 1.807) is 0 Å². The van der Waals surface area contributed by atoms with Gasteiger partial charge >= 0.3 is 5.97 Å². The molecule has 2 aromatic rings. The number of carboxylic acids is 1. The minimum atomic E-state index is -0.688. The predicted octanol–water partition coefficient (Wildman–Crippen LogP) is 6.31. The van der Waals surface area contributed by atoms with Crippen LogP contribution in [-0.4, -0.2) is 15.6 Å². The number of aromatic nitrogens is 1. The topological polar surface area (TPSA) is 42.2 Å². The molecule has 0 amide bonds. The summed E-state index contributed by atoms with van der Waals surface area (Å²) >= 11 is 0. The van der Waals surface area contributed by atoms with Crippen LogP contribution in [0.25, 0.3) is 11.3 Å². The van der Waals surface area contributed by atoms with Crippen LogP contribution in [0.1, 0.15) is 70.3 Å². The van der Waals surface area contributed by atoms with Gasteiger partial charge in [0.2, 0.25) is 0 Å². The highest BCUT2D eigenvalue weighted by Crippen LogP contribution is 2.22. The van der Waals surface area contributed by atoms with Crippen LogP contribution in [0.3, 0.4) is 0 Å². The highest BCUT2D eigenvalue weighted by atomic mass is 16.4. The SMILES string of the molecule is CCCCCCc1ccc(-c2cccn2CCCCCCC(=O)O)cc1. The van der Waals surface area contributed by atoms with Crippen molar-refractivity contribution in [2.24, 2.45) is 0 Å². The van der Waals surface area contributed by atoms with Crippen molar-refractivity contribution in [3.8, 4) is 11.3 Å². The smallest absolute Gasteiger partial charge is 0.303 e. The van der Waals surface area contributed by atoms with Crippen molar-refractivity contribution in [3.63, 3.8) is 0 Å². The zero-order chi connectivity index (χ0) is 18.6. The number of carbonyl (C=O) groups is 1. The largest absolute Gasteiger partial charge is 0.481 e. The zero-order valence-electron chi connectivity index (χ0n) is 16.1. The number of rotatable bonds is 13. The van der Waals surface area contributed by atoms with Crippen LogP contribution in [0.4, 0.5) is 0 Å². The minimum absolute atomic E-state index is 0.291. The van der Waals surface area contributed by atoms with E-state index in [2.05, 4.69) is 54.1 Å². The number of nitrogens with zero attached hydrogens (tertiary/aromatic N) is 1. The van der Waals surface area contributed by atoms with Gasteiger partial charge in [0.15, 0.2) is 0 Å². The monoisotopic (exact) mass is 355 g/mol. The van der Waals surface area contributed by atoms with Gasteiger partial charge in [-0.05, 0) is 48.9 Å². The van der Waals surface area contributed by atoms with Crippen molar-refractivity contribution in [2.75, 3.05) is 0 Å². The average molecular weight is 356 g/mol. The summed E-state index contributed by atoms with van der Waals surface area (Å²) in [5.41, 5.74) is 3.98. The summed E-state index contributed by atoms with van der Waals surface area (Å²) in [7, 11) is 0. The van der Waals surface area contributed by atoms with Gasteiger partial charge in [-0.15, -0.1) is 0 Å². The number of carboxylic acid groups (broad SMARTS) is 1. The molecular weight excluding hydrogens is 322 g/mol. The van der Waals surface area contributed by atoms with Crippen LogP contribution in [0.15, 0.2) is 42.6 Å². The molecule has 1 aromatic carbocycles. The summed E-state index contributed by atoms with van der Waals surface area (Å²) in [5, 5.41) is 8.67. The number of benzene rings is 1. The first kappa shape index (κ1) is 20.3. The molecule has 0 aliphatic heterocycles. The molecule has 0 saturated carbocycles. The molecule has 0 unspecified atom stereocenters. The molecule has 0 radical (unpaired) electrons. The molecule has 0 bridgehead atoms. The third-order valence-corrected chi connectivity index (χ3v) is 4.94. The second-order valence-electron chi connectivity index (χ2n) is 7.15. The molecule has 0 fully saturated rings. The molecule has 2 rings (SSSR count). The van der Waals surface area contributed by atoms with Crippen LogP contribution in [0.2, 0.25) is 0 Å². The molecule has 3 nitrogen and oxygen atoms in total. The van der Waals surface area contributed by atoms with Crippen LogP contribution in [-0.2, 0) is 17.8 Å². The van der Waals surface area contributed by atoms with Gasteiger partial charge in [-0.2, -0.15) is 0 Å². The Balaban J connectivity index is 1.80. The van der Waals surface area contributed by atoms with Gasteiger partial charge in [-0.3, -0.25) is 4.79 Å². The van der Waals surface area contributed by atoms with Crippen molar-refractivity contribution in [2.45, 2.75) is 77.7 Å². The summed E-state index contributed by atoms with van der Waals surface area (Å²) in [4.78, 5) is 10.5. The van der Waals surface area contributed by atoms with E-state index in [-0.39, 0.29) is 0 Å². The Morgan fingerprint density at radius 2 is 1.65 bits per heavy atom. The van der Waals surface area contributed by atoms with E-state index in [1.807, 2.05) is 0 Å². The first-order valence-electron chi connectivity index (χ1n) is 10.2. The summed E-state index contributed by atoms with van der Waals surface area (Å²) in [6.45, 7) is 3.24. The van der Waals surface area contributed by atoms with E-state index < -0.39 is 5.97 Å². The lowest BCUT2D eigenvalue weighted by atomic mass is 10.0. The molecular formula is C23H33NO2. The average Bonchev–Trinajstić information content (AvgIpc) is 3.10. The summed E-state index contributed by atoms with van der Waals surface area (Å²) in [5.74, 6) is -0.688. The Morgan fingerprint density at radius 1 is 0.923 bits per heavy atom. The zero-order valence-corrected chi connectivity index (χ0v) is 16.1. The number of unbranched alkanes of at least 4 members (excludes halogenated alkanes) is 6. The van der Waals surface area contributed by atoms with E-state index in [4.69, 9.17) is 5.11 Å². The Labute approximate surface area is 158 Å². The lowest BCUT2D eigenvalue weighted by Crippen LogP contribution is -1.99. The quantitative estimate of drug-likeness (QED) is 0.428. The van der Waals surface area contributed by atoms with E-state index in [0.717, 1.165) is 32.2 Å². The van der Waals surface area contributed by atoms with E-state index in [0.29, 0.717) is 6.42 Å². The molecule has 0 spiro atoms. The fraction of sp³-hybridized carbons (Fsp3) is 0.522. The maximum absolute atomic E-state index is 10.5. The van der Waals surface area contributed by atoms with Gasteiger partial charge in [0.05, 0.1) is 0 Å². The van der Waals surface area contributed by atoms with Crippen LogP contribution >= 0.6 is 0 Å². The lowest BCUT2D eigenvalue weighted by molar-refractivity contribution is -0.137. The Morgan fingerprint density at radius 3 is 2.38 bits per heavy atom. The Bertz CT molecular complexity index is 642. The third kappa shape index (κ3) is 7.07. The lowest BCUT2D eigenvalue weighted by Gasteiger charge is -2.10. The van der Waals surface area contributed by atoms with E-state index >= 15 is 0 Å². The molecule has 0 aliphatic carbocycles. The fourth-order valence-electron chi connectivity index (χ4n) is 3.38. The van der Waals surface area contributed by atoms with Gasteiger partial charge in [-0.25, -0.2) is 0 Å². The highest BCUT2D eigenvalue weighted by Gasteiger charge is 2.05. The molecule has 0 atom stereocenters. The second kappa shape index (κ2) is 11.6. The maximum Gasteiger partial charge on any atom is 0.303 e. The van der Waals surface area contributed by atoms with Crippen molar-refractivity contribution in [3.05, 3.63) is 48.2 Å². The minimum Gasteiger partial charge on any atom is -0.481 e. The van der Waals surface area contributed by atoms with Crippen molar-refractivity contribution < 1.29 is 9.90 Å².